The minimum absolute atomic E-state index is 0.0280. The Morgan fingerprint density at radius 2 is 1.78 bits per heavy atom. The Bertz CT molecular complexity index is 594. The van der Waals surface area contributed by atoms with E-state index in [-0.39, 0.29) is 11.2 Å². The molecule has 1 N–H and O–H groups in total. The zero-order valence-electron chi connectivity index (χ0n) is 14.6. The lowest BCUT2D eigenvalue weighted by atomic mass is 9.94. The molecule has 0 amide bonds. The second-order valence-corrected chi connectivity index (χ2v) is 7.57. The maximum Gasteiger partial charge on any atom is 0.223 e. The SMILES string of the molecule is Cc1cc(=O)c(O)c(CN2CCC(C)CC2)n1C1CCCCC1. The molecule has 128 valence electrons. The van der Waals surface area contributed by atoms with Crippen molar-refractivity contribution in [2.24, 2.45) is 5.92 Å². The Labute approximate surface area is 139 Å². The number of hydrogen-bond donors (Lipinski definition) is 1. The van der Waals surface area contributed by atoms with Crippen LogP contribution in [-0.4, -0.2) is 27.7 Å². The van der Waals surface area contributed by atoms with Gasteiger partial charge in [0.15, 0.2) is 5.75 Å². The molecule has 2 fully saturated rings. The summed E-state index contributed by atoms with van der Waals surface area (Å²) in [6, 6.07) is 2.04. The second-order valence-electron chi connectivity index (χ2n) is 7.57. The molecule has 1 aliphatic heterocycles. The molecule has 0 bridgehead atoms. The molecular weight excluding hydrogens is 288 g/mol. The van der Waals surface area contributed by atoms with Crippen LogP contribution in [0.5, 0.6) is 5.75 Å². The van der Waals surface area contributed by atoms with E-state index in [4.69, 9.17) is 0 Å². The molecule has 0 atom stereocenters. The number of rotatable bonds is 3. The number of pyridine rings is 1. The third kappa shape index (κ3) is 3.63. The van der Waals surface area contributed by atoms with Crippen LogP contribution >= 0.6 is 0 Å². The molecule has 2 aliphatic rings. The molecule has 4 heteroatoms. The first kappa shape index (κ1) is 16.6. The van der Waals surface area contributed by atoms with E-state index in [1.807, 2.05) is 6.92 Å². The summed E-state index contributed by atoms with van der Waals surface area (Å²) in [5, 5.41) is 10.5. The average molecular weight is 318 g/mol. The molecule has 23 heavy (non-hydrogen) atoms. The summed E-state index contributed by atoms with van der Waals surface area (Å²) in [4.78, 5) is 14.5. The largest absolute Gasteiger partial charge is 0.503 e. The van der Waals surface area contributed by atoms with Gasteiger partial charge in [0.2, 0.25) is 5.43 Å². The van der Waals surface area contributed by atoms with Gasteiger partial charge in [-0.1, -0.05) is 26.2 Å². The topological polar surface area (TPSA) is 45.5 Å². The van der Waals surface area contributed by atoms with Crippen LogP contribution in [0.25, 0.3) is 0 Å². The van der Waals surface area contributed by atoms with Gasteiger partial charge >= 0.3 is 0 Å². The number of nitrogens with zero attached hydrogens (tertiary/aromatic N) is 2. The maximum atomic E-state index is 12.1. The van der Waals surface area contributed by atoms with Crippen LogP contribution in [-0.2, 0) is 6.54 Å². The van der Waals surface area contributed by atoms with Crippen LogP contribution in [0, 0.1) is 12.8 Å². The molecule has 0 aromatic carbocycles. The zero-order valence-corrected chi connectivity index (χ0v) is 14.6. The highest BCUT2D eigenvalue weighted by molar-refractivity contribution is 5.30. The van der Waals surface area contributed by atoms with E-state index >= 15 is 0 Å². The van der Waals surface area contributed by atoms with Crippen LogP contribution < -0.4 is 5.43 Å². The first-order valence-electron chi connectivity index (χ1n) is 9.22. The quantitative estimate of drug-likeness (QED) is 0.926. The van der Waals surface area contributed by atoms with E-state index in [0.717, 1.165) is 43.2 Å². The molecular formula is C19H30N2O2. The van der Waals surface area contributed by atoms with Gasteiger partial charge < -0.3 is 9.67 Å². The molecule has 1 saturated heterocycles. The van der Waals surface area contributed by atoms with E-state index in [0.29, 0.717) is 12.6 Å². The fourth-order valence-corrected chi connectivity index (χ4v) is 4.23. The molecule has 1 aromatic rings. The van der Waals surface area contributed by atoms with Crippen molar-refractivity contribution < 1.29 is 5.11 Å². The van der Waals surface area contributed by atoms with Crippen LogP contribution in [0.15, 0.2) is 10.9 Å². The first-order chi connectivity index (χ1) is 11.1. The summed E-state index contributed by atoms with van der Waals surface area (Å²) < 4.78 is 2.27. The summed E-state index contributed by atoms with van der Waals surface area (Å²) >= 11 is 0. The predicted molar refractivity (Wildman–Crippen MR) is 92.9 cm³/mol. The van der Waals surface area contributed by atoms with Crippen molar-refractivity contribution in [3.8, 4) is 5.75 Å². The van der Waals surface area contributed by atoms with Crippen molar-refractivity contribution in [2.75, 3.05) is 13.1 Å². The number of hydrogen-bond acceptors (Lipinski definition) is 3. The van der Waals surface area contributed by atoms with E-state index in [1.165, 1.54) is 32.1 Å². The van der Waals surface area contributed by atoms with Gasteiger partial charge in [0.25, 0.3) is 0 Å². The lowest BCUT2D eigenvalue weighted by molar-refractivity contribution is 0.175. The summed E-state index contributed by atoms with van der Waals surface area (Å²) in [6.45, 7) is 7.14. The van der Waals surface area contributed by atoms with Crippen LogP contribution in [0.3, 0.4) is 0 Å². The summed E-state index contributed by atoms with van der Waals surface area (Å²) in [5.41, 5.74) is 1.62. The third-order valence-corrected chi connectivity index (χ3v) is 5.71. The Hall–Kier alpha value is -1.29. The normalized spacial score (nSPS) is 21.7. The highest BCUT2D eigenvalue weighted by Gasteiger charge is 2.24. The highest BCUT2D eigenvalue weighted by atomic mass is 16.3. The van der Waals surface area contributed by atoms with Gasteiger partial charge in [-0.05, 0) is 51.6 Å². The zero-order chi connectivity index (χ0) is 16.4. The highest BCUT2D eigenvalue weighted by Crippen LogP contribution is 2.32. The average Bonchev–Trinajstić information content (AvgIpc) is 2.55. The molecule has 3 rings (SSSR count). The molecule has 0 unspecified atom stereocenters. The minimum atomic E-state index is -0.227. The summed E-state index contributed by atoms with van der Waals surface area (Å²) in [6.07, 6.45) is 8.54. The van der Waals surface area contributed by atoms with Gasteiger partial charge in [0, 0.05) is 24.3 Å². The van der Waals surface area contributed by atoms with Crippen molar-refractivity contribution in [2.45, 2.75) is 71.4 Å². The van der Waals surface area contributed by atoms with Gasteiger partial charge in [0.05, 0.1) is 5.69 Å². The predicted octanol–water partition coefficient (Wildman–Crippen LogP) is 3.60. The number of aromatic nitrogens is 1. The second kappa shape index (κ2) is 7.08. The number of aromatic hydroxyl groups is 1. The van der Waals surface area contributed by atoms with Crippen molar-refractivity contribution >= 4 is 0 Å². The Morgan fingerprint density at radius 3 is 2.43 bits per heavy atom. The lowest BCUT2D eigenvalue weighted by Gasteiger charge is -2.34. The molecule has 0 spiro atoms. The lowest BCUT2D eigenvalue weighted by Crippen LogP contribution is -2.34. The number of piperidine rings is 1. The van der Waals surface area contributed by atoms with Crippen molar-refractivity contribution in [1.82, 2.24) is 9.47 Å². The number of likely N-dealkylation sites (tertiary alicyclic amines) is 1. The van der Waals surface area contributed by atoms with Crippen molar-refractivity contribution in [3.05, 3.63) is 27.7 Å². The monoisotopic (exact) mass is 318 g/mol. The van der Waals surface area contributed by atoms with Crippen LogP contribution in [0.1, 0.15) is 69.3 Å². The van der Waals surface area contributed by atoms with E-state index < -0.39 is 0 Å². The minimum Gasteiger partial charge on any atom is -0.503 e. The molecule has 4 nitrogen and oxygen atoms in total. The fourth-order valence-electron chi connectivity index (χ4n) is 4.23. The first-order valence-corrected chi connectivity index (χ1v) is 9.22. The van der Waals surface area contributed by atoms with E-state index in [9.17, 15) is 9.90 Å². The van der Waals surface area contributed by atoms with Gasteiger partial charge in [0.1, 0.15) is 0 Å². The molecule has 1 aromatic heterocycles. The van der Waals surface area contributed by atoms with Crippen molar-refractivity contribution in [3.63, 3.8) is 0 Å². The summed E-state index contributed by atoms with van der Waals surface area (Å²) in [5.74, 6) is 0.762. The standard InChI is InChI=1S/C19H30N2O2/c1-14-8-10-20(11-9-14)13-17-19(23)18(22)12-15(2)21(17)16-6-4-3-5-7-16/h12,14,16,23H,3-11,13H2,1-2H3. The Kier molecular flexibility index (Phi) is 5.10. The molecule has 0 radical (unpaired) electrons. The van der Waals surface area contributed by atoms with Crippen molar-refractivity contribution in [1.29, 1.82) is 0 Å². The summed E-state index contributed by atoms with van der Waals surface area (Å²) in [7, 11) is 0. The van der Waals surface area contributed by atoms with Gasteiger partial charge in [-0.2, -0.15) is 0 Å². The Morgan fingerprint density at radius 1 is 1.13 bits per heavy atom. The van der Waals surface area contributed by atoms with Gasteiger partial charge in [-0.3, -0.25) is 9.69 Å². The molecule has 1 aliphatic carbocycles. The third-order valence-electron chi connectivity index (χ3n) is 5.71. The maximum absolute atomic E-state index is 12.1. The molecule has 2 heterocycles. The van der Waals surface area contributed by atoms with Crippen LogP contribution in [0.2, 0.25) is 0 Å². The fraction of sp³-hybridized carbons (Fsp3) is 0.737. The Balaban J connectivity index is 1.91. The van der Waals surface area contributed by atoms with Gasteiger partial charge in [-0.25, -0.2) is 0 Å². The molecule has 1 saturated carbocycles. The van der Waals surface area contributed by atoms with Gasteiger partial charge in [-0.15, -0.1) is 0 Å². The van der Waals surface area contributed by atoms with E-state index in [2.05, 4.69) is 16.4 Å². The van der Waals surface area contributed by atoms with E-state index in [1.54, 1.807) is 6.07 Å². The van der Waals surface area contributed by atoms with Crippen LogP contribution in [0.4, 0.5) is 0 Å². The smallest absolute Gasteiger partial charge is 0.223 e. The number of aryl methyl sites for hydroxylation is 1.